The summed E-state index contributed by atoms with van der Waals surface area (Å²) in [6.07, 6.45) is 4.23. The van der Waals surface area contributed by atoms with Gasteiger partial charge in [0.25, 0.3) is 0 Å². The van der Waals surface area contributed by atoms with Gasteiger partial charge in [0.1, 0.15) is 0 Å². The normalized spacial score (nSPS) is 11.7. The molecule has 0 spiro atoms. The first-order valence-corrected chi connectivity index (χ1v) is 8.82. The highest BCUT2D eigenvalue weighted by atomic mass is 15.2. The van der Waals surface area contributed by atoms with Crippen molar-refractivity contribution in [3.8, 4) is 0 Å². The van der Waals surface area contributed by atoms with E-state index in [2.05, 4.69) is 82.3 Å². The van der Waals surface area contributed by atoms with Crippen molar-refractivity contribution in [3.05, 3.63) is 71.4 Å². The highest BCUT2D eigenvalue weighted by molar-refractivity contribution is 5.83. The van der Waals surface area contributed by atoms with Crippen LogP contribution in [0.25, 0.3) is 10.9 Å². The number of nitrogens with zero attached hydrogens (tertiary/aromatic N) is 1. The Bertz CT molecular complexity index is 848. The summed E-state index contributed by atoms with van der Waals surface area (Å²) in [5.41, 5.74) is 5.18. The highest BCUT2D eigenvalue weighted by Crippen LogP contribution is 2.18. The topological polar surface area (TPSA) is 52.2 Å². The number of hydrogen-bond donors (Lipinski definition) is 3. The van der Waals surface area contributed by atoms with E-state index in [4.69, 9.17) is 0 Å². The van der Waals surface area contributed by atoms with Crippen molar-refractivity contribution in [1.82, 2.24) is 15.6 Å². The summed E-state index contributed by atoms with van der Waals surface area (Å²) in [4.78, 5) is 7.64. The molecule has 4 heteroatoms. The average molecular weight is 334 g/mol. The minimum absolute atomic E-state index is 0.787. The van der Waals surface area contributed by atoms with E-state index in [1.807, 2.05) is 7.05 Å². The lowest BCUT2D eigenvalue weighted by molar-refractivity contribution is 0.743. The standard InChI is InChI=1S/C21H26N4/c1-16-8-3-4-9-17(16)14-25-21(22-2)23-13-7-10-18-15-24-20-12-6-5-11-19(18)20/h3-6,8-9,11-12,15,24H,7,10,13-14H2,1-2H3,(H2,22,23,25). The zero-order valence-corrected chi connectivity index (χ0v) is 15.0. The Kier molecular flexibility index (Phi) is 5.73. The third-order valence-electron chi connectivity index (χ3n) is 4.52. The zero-order valence-electron chi connectivity index (χ0n) is 15.0. The molecule has 2 aromatic carbocycles. The van der Waals surface area contributed by atoms with Gasteiger partial charge in [-0.25, -0.2) is 0 Å². The van der Waals surface area contributed by atoms with Gasteiger partial charge in [0.2, 0.25) is 0 Å². The van der Waals surface area contributed by atoms with Crippen LogP contribution in [0.1, 0.15) is 23.1 Å². The minimum atomic E-state index is 0.787. The van der Waals surface area contributed by atoms with Crippen LogP contribution >= 0.6 is 0 Å². The summed E-state index contributed by atoms with van der Waals surface area (Å²) in [5.74, 6) is 0.849. The molecule has 3 aromatic rings. The van der Waals surface area contributed by atoms with E-state index in [-0.39, 0.29) is 0 Å². The third kappa shape index (κ3) is 4.41. The van der Waals surface area contributed by atoms with Crippen LogP contribution in [0.5, 0.6) is 0 Å². The van der Waals surface area contributed by atoms with E-state index >= 15 is 0 Å². The Labute approximate surface area is 149 Å². The van der Waals surface area contributed by atoms with Crippen molar-refractivity contribution in [2.24, 2.45) is 4.99 Å². The molecule has 0 fully saturated rings. The van der Waals surface area contributed by atoms with Crippen molar-refractivity contribution < 1.29 is 0 Å². The molecule has 4 nitrogen and oxygen atoms in total. The van der Waals surface area contributed by atoms with Gasteiger partial charge in [-0.3, -0.25) is 4.99 Å². The van der Waals surface area contributed by atoms with Gasteiger partial charge < -0.3 is 15.6 Å². The molecule has 0 saturated carbocycles. The Balaban J connectivity index is 1.45. The largest absolute Gasteiger partial charge is 0.361 e. The molecule has 0 bridgehead atoms. The Hall–Kier alpha value is -2.75. The molecular weight excluding hydrogens is 308 g/mol. The van der Waals surface area contributed by atoms with Crippen LogP contribution in [0.2, 0.25) is 0 Å². The average Bonchev–Trinajstić information content (AvgIpc) is 3.05. The first-order chi connectivity index (χ1) is 12.3. The van der Waals surface area contributed by atoms with E-state index in [1.165, 1.54) is 27.6 Å². The number of hydrogen-bond acceptors (Lipinski definition) is 1. The lowest BCUT2D eigenvalue weighted by Gasteiger charge is -2.13. The molecule has 0 saturated heterocycles. The van der Waals surface area contributed by atoms with Crippen molar-refractivity contribution in [1.29, 1.82) is 0 Å². The number of fused-ring (bicyclic) bond motifs is 1. The number of para-hydroxylation sites is 1. The van der Waals surface area contributed by atoms with Crippen LogP contribution in [0.4, 0.5) is 0 Å². The van der Waals surface area contributed by atoms with E-state index in [0.29, 0.717) is 0 Å². The van der Waals surface area contributed by atoms with Gasteiger partial charge in [0.15, 0.2) is 5.96 Å². The summed E-state index contributed by atoms with van der Waals surface area (Å²) >= 11 is 0. The number of aromatic amines is 1. The molecule has 0 aliphatic rings. The Morgan fingerprint density at radius 3 is 2.64 bits per heavy atom. The van der Waals surface area contributed by atoms with Crippen LogP contribution in [0.15, 0.2) is 59.7 Å². The number of H-pyrrole nitrogens is 1. The first kappa shape index (κ1) is 17.1. The van der Waals surface area contributed by atoms with Gasteiger partial charge in [0.05, 0.1) is 0 Å². The fraction of sp³-hybridized carbons (Fsp3) is 0.286. The smallest absolute Gasteiger partial charge is 0.191 e. The highest BCUT2D eigenvalue weighted by Gasteiger charge is 2.03. The molecule has 25 heavy (non-hydrogen) atoms. The second kappa shape index (κ2) is 8.38. The molecule has 0 aliphatic heterocycles. The van der Waals surface area contributed by atoms with Crippen molar-refractivity contribution in [2.45, 2.75) is 26.3 Å². The van der Waals surface area contributed by atoms with Crippen molar-refractivity contribution in [3.63, 3.8) is 0 Å². The summed E-state index contributed by atoms with van der Waals surface area (Å²) in [5, 5.41) is 8.10. The molecule has 0 aliphatic carbocycles. The number of aryl methyl sites for hydroxylation is 2. The number of nitrogens with one attached hydrogen (secondary N) is 3. The summed E-state index contributed by atoms with van der Waals surface area (Å²) in [7, 11) is 1.81. The van der Waals surface area contributed by atoms with Gasteiger partial charge in [-0.05, 0) is 42.5 Å². The quantitative estimate of drug-likeness (QED) is 0.365. The maximum atomic E-state index is 4.31. The lowest BCUT2D eigenvalue weighted by Crippen LogP contribution is -2.37. The van der Waals surface area contributed by atoms with Crippen molar-refractivity contribution >= 4 is 16.9 Å². The molecule has 1 heterocycles. The fourth-order valence-electron chi connectivity index (χ4n) is 3.03. The van der Waals surface area contributed by atoms with E-state index in [1.54, 1.807) is 0 Å². The number of guanidine groups is 1. The molecule has 0 unspecified atom stereocenters. The number of benzene rings is 2. The Morgan fingerprint density at radius 2 is 1.80 bits per heavy atom. The van der Waals surface area contributed by atoms with Gasteiger partial charge in [0, 0.05) is 37.2 Å². The van der Waals surface area contributed by atoms with Crippen LogP contribution in [-0.4, -0.2) is 24.5 Å². The van der Waals surface area contributed by atoms with E-state index < -0.39 is 0 Å². The zero-order chi connectivity index (χ0) is 17.5. The number of rotatable bonds is 6. The lowest BCUT2D eigenvalue weighted by atomic mass is 10.1. The van der Waals surface area contributed by atoms with Crippen molar-refractivity contribution in [2.75, 3.05) is 13.6 Å². The van der Waals surface area contributed by atoms with Gasteiger partial charge in [-0.2, -0.15) is 0 Å². The summed E-state index contributed by atoms with van der Waals surface area (Å²) in [6.45, 7) is 3.82. The molecule has 130 valence electrons. The third-order valence-corrected chi connectivity index (χ3v) is 4.52. The Morgan fingerprint density at radius 1 is 1.00 bits per heavy atom. The minimum Gasteiger partial charge on any atom is -0.361 e. The molecule has 0 radical (unpaired) electrons. The molecule has 1 aromatic heterocycles. The van der Waals surface area contributed by atoms with Crippen LogP contribution in [-0.2, 0) is 13.0 Å². The van der Waals surface area contributed by atoms with Gasteiger partial charge >= 0.3 is 0 Å². The number of aliphatic imine (C=N–C) groups is 1. The van der Waals surface area contributed by atoms with E-state index in [9.17, 15) is 0 Å². The second-order valence-corrected chi connectivity index (χ2v) is 6.24. The van der Waals surface area contributed by atoms with Crippen LogP contribution in [0, 0.1) is 6.92 Å². The van der Waals surface area contributed by atoms with Gasteiger partial charge in [-0.15, -0.1) is 0 Å². The molecule has 3 N–H and O–H groups in total. The second-order valence-electron chi connectivity index (χ2n) is 6.24. The summed E-state index contributed by atoms with van der Waals surface area (Å²) < 4.78 is 0. The molecule has 3 rings (SSSR count). The maximum Gasteiger partial charge on any atom is 0.191 e. The SMILES string of the molecule is CN=C(NCCCc1c[nH]c2ccccc12)NCc1ccccc1C. The molecular formula is C21H26N4. The van der Waals surface area contributed by atoms with E-state index in [0.717, 1.165) is 31.9 Å². The monoisotopic (exact) mass is 334 g/mol. The van der Waals surface area contributed by atoms with Crippen LogP contribution in [0.3, 0.4) is 0 Å². The molecule has 0 atom stereocenters. The predicted molar refractivity (Wildman–Crippen MR) is 106 cm³/mol. The van der Waals surface area contributed by atoms with Crippen LogP contribution < -0.4 is 10.6 Å². The fourth-order valence-corrected chi connectivity index (χ4v) is 3.03. The molecule has 0 amide bonds. The van der Waals surface area contributed by atoms with Gasteiger partial charge in [-0.1, -0.05) is 42.5 Å². The predicted octanol–water partition coefficient (Wildman–Crippen LogP) is 3.77. The first-order valence-electron chi connectivity index (χ1n) is 8.82. The number of aromatic nitrogens is 1. The maximum absolute atomic E-state index is 4.31. The summed E-state index contributed by atoms with van der Waals surface area (Å²) in [6, 6.07) is 16.9.